The predicted molar refractivity (Wildman–Crippen MR) is 58.8 cm³/mol. The van der Waals surface area contributed by atoms with Crippen molar-refractivity contribution in [1.29, 1.82) is 0 Å². The predicted octanol–water partition coefficient (Wildman–Crippen LogP) is 1.44. The minimum Gasteiger partial charge on any atom is -0.298 e. The summed E-state index contributed by atoms with van der Waals surface area (Å²) >= 11 is 0. The highest BCUT2D eigenvalue weighted by atomic mass is 32.2. The molecule has 0 saturated heterocycles. The van der Waals surface area contributed by atoms with Gasteiger partial charge < -0.3 is 0 Å². The van der Waals surface area contributed by atoms with Crippen molar-refractivity contribution >= 4 is 15.9 Å². The van der Waals surface area contributed by atoms with Crippen LogP contribution in [-0.2, 0) is 21.3 Å². The number of carbonyl (C=O) groups excluding carboxylic acids is 1. The Kier molecular flexibility index (Phi) is 2.59. The van der Waals surface area contributed by atoms with Crippen LogP contribution in [0.15, 0.2) is 18.2 Å². The molecule has 16 heavy (non-hydrogen) atoms. The van der Waals surface area contributed by atoms with Gasteiger partial charge in [0.1, 0.15) is 0 Å². The van der Waals surface area contributed by atoms with Crippen LogP contribution in [-0.4, -0.2) is 18.8 Å². The Hall–Kier alpha value is -1.20. The summed E-state index contributed by atoms with van der Waals surface area (Å²) in [5.41, 5.74) is 2.27. The van der Waals surface area contributed by atoms with Crippen LogP contribution in [0.3, 0.4) is 0 Å². The summed E-state index contributed by atoms with van der Waals surface area (Å²) in [6, 6.07) is 5.22. The number of rotatable bonds is 1. The average Bonchev–Trinajstić information content (AvgIpc) is 2.16. The molecule has 4 nitrogen and oxygen atoms in total. The molecule has 0 saturated carbocycles. The maximum Gasteiger partial charge on any atom is 0.279 e. The largest absolute Gasteiger partial charge is 0.298 e. The molecule has 0 aliphatic heterocycles. The first-order valence-electron chi connectivity index (χ1n) is 4.98. The smallest absolute Gasteiger partial charge is 0.279 e. The van der Waals surface area contributed by atoms with Gasteiger partial charge in [-0.25, -0.2) is 0 Å². The average molecular weight is 240 g/mol. The lowest BCUT2D eigenvalue weighted by Gasteiger charge is -2.22. The number of hydrogen-bond acceptors (Lipinski definition) is 3. The van der Waals surface area contributed by atoms with E-state index in [1.54, 1.807) is 12.1 Å². The molecule has 1 atom stereocenters. The first-order chi connectivity index (χ1) is 7.39. The van der Waals surface area contributed by atoms with Gasteiger partial charge in [-0.3, -0.25) is 9.35 Å². The van der Waals surface area contributed by atoms with Crippen molar-refractivity contribution in [2.45, 2.75) is 25.0 Å². The zero-order chi connectivity index (χ0) is 11.9. The molecule has 1 aromatic rings. The third-order valence-corrected chi connectivity index (χ3v) is 3.92. The molecular formula is C11H12O4S. The molecular weight excluding hydrogens is 228 g/mol. The zero-order valence-corrected chi connectivity index (χ0v) is 9.62. The van der Waals surface area contributed by atoms with Crippen LogP contribution >= 0.6 is 0 Å². The van der Waals surface area contributed by atoms with E-state index in [1.807, 2.05) is 13.0 Å². The van der Waals surface area contributed by atoms with Gasteiger partial charge in [0.2, 0.25) is 0 Å². The van der Waals surface area contributed by atoms with Gasteiger partial charge in [-0.2, -0.15) is 8.42 Å². The zero-order valence-electron chi connectivity index (χ0n) is 8.80. The summed E-state index contributed by atoms with van der Waals surface area (Å²) in [6.45, 7) is 1.90. The van der Waals surface area contributed by atoms with Crippen LogP contribution in [0.2, 0.25) is 0 Å². The van der Waals surface area contributed by atoms with Gasteiger partial charge in [0.05, 0.1) is 0 Å². The summed E-state index contributed by atoms with van der Waals surface area (Å²) in [4.78, 5) is 11.5. The molecule has 0 aromatic heterocycles. The fourth-order valence-electron chi connectivity index (χ4n) is 2.10. The Bertz CT molecular complexity index is 545. The second-order valence-corrected chi connectivity index (χ2v) is 5.56. The molecule has 1 aromatic carbocycles. The molecule has 0 radical (unpaired) electrons. The third kappa shape index (κ3) is 1.88. The minimum atomic E-state index is -4.35. The Morgan fingerprint density at radius 2 is 2.00 bits per heavy atom. The maximum absolute atomic E-state index is 11.5. The van der Waals surface area contributed by atoms with Gasteiger partial charge in [-0.05, 0) is 24.5 Å². The Balaban J connectivity index is 2.62. The highest BCUT2D eigenvalue weighted by Gasteiger charge is 2.36. The number of benzene rings is 1. The topological polar surface area (TPSA) is 71.4 Å². The molecule has 0 bridgehead atoms. The maximum atomic E-state index is 11.5. The van der Waals surface area contributed by atoms with E-state index in [-0.39, 0.29) is 6.42 Å². The van der Waals surface area contributed by atoms with Crippen LogP contribution in [0, 0.1) is 6.92 Å². The summed E-state index contributed by atoms with van der Waals surface area (Å²) in [7, 11) is -4.35. The Morgan fingerprint density at radius 1 is 1.31 bits per heavy atom. The quantitative estimate of drug-likeness (QED) is 0.754. The van der Waals surface area contributed by atoms with Crippen LogP contribution in [0.1, 0.15) is 28.4 Å². The van der Waals surface area contributed by atoms with Crippen molar-refractivity contribution in [3.8, 4) is 0 Å². The second kappa shape index (κ2) is 3.68. The van der Waals surface area contributed by atoms with Gasteiger partial charge >= 0.3 is 0 Å². The summed E-state index contributed by atoms with van der Waals surface area (Å²) in [5.74, 6) is -0.432. The minimum absolute atomic E-state index is 0.168. The highest BCUT2D eigenvalue weighted by molar-refractivity contribution is 7.86. The van der Waals surface area contributed by atoms with Gasteiger partial charge in [-0.1, -0.05) is 23.8 Å². The van der Waals surface area contributed by atoms with Crippen molar-refractivity contribution < 1.29 is 17.8 Å². The van der Waals surface area contributed by atoms with E-state index in [2.05, 4.69) is 0 Å². The number of aryl methyl sites for hydroxylation is 2. The number of hydrogen-bond donors (Lipinski definition) is 1. The van der Waals surface area contributed by atoms with Crippen molar-refractivity contribution in [3.05, 3.63) is 34.9 Å². The number of Topliss-reactive ketones (excluding diaryl/α,β-unsaturated/α-hetero) is 1. The van der Waals surface area contributed by atoms with Gasteiger partial charge in [0, 0.05) is 6.42 Å². The molecule has 0 spiro atoms. The summed E-state index contributed by atoms with van der Waals surface area (Å²) in [6.07, 6.45) is 0.711. The standard InChI is InChI=1S/C11H12O4S/c1-7-2-4-9-8(6-7)3-5-10(12)11(9)16(13,14)15/h2,4,6,11H,3,5H2,1H3,(H,13,14,15). The molecule has 1 unspecified atom stereocenters. The lowest BCUT2D eigenvalue weighted by Crippen LogP contribution is -2.27. The Morgan fingerprint density at radius 3 is 2.62 bits per heavy atom. The van der Waals surface area contributed by atoms with E-state index >= 15 is 0 Å². The second-order valence-electron chi connectivity index (χ2n) is 4.06. The molecule has 0 fully saturated rings. The SMILES string of the molecule is Cc1ccc2c(c1)CCC(=O)C2S(=O)(=O)O. The van der Waals surface area contributed by atoms with Crippen LogP contribution in [0.25, 0.3) is 0 Å². The molecule has 0 amide bonds. The Labute approximate surface area is 94.0 Å². The third-order valence-electron chi connectivity index (χ3n) is 2.81. The summed E-state index contributed by atoms with van der Waals surface area (Å²) < 4.78 is 31.4. The molecule has 5 heteroatoms. The van der Waals surface area contributed by atoms with E-state index in [0.717, 1.165) is 11.1 Å². The first kappa shape index (κ1) is 11.3. The molecule has 1 N–H and O–H groups in total. The van der Waals surface area contributed by atoms with Crippen LogP contribution in [0.5, 0.6) is 0 Å². The van der Waals surface area contributed by atoms with E-state index < -0.39 is 21.2 Å². The van der Waals surface area contributed by atoms with Gasteiger partial charge in [0.25, 0.3) is 10.1 Å². The fraction of sp³-hybridized carbons (Fsp3) is 0.364. The van der Waals surface area contributed by atoms with Crippen LogP contribution < -0.4 is 0 Å². The normalized spacial score (nSPS) is 20.6. The molecule has 2 rings (SSSR count). The monoisotopic (exact) mass is 240 g/mol. The number of ketones is 1. The molecule has 1 aliphatic carbocycles. The van der Waals surface area contributed by atoms with E-state index in [9.17, 15) is 13.2 Å². The summed E-state index contributed by atoms with van der Waals surface area (Å²) in [5, 5.41) is -1.39. The van der Waals surface area contributed by atoms with E-state index in [0.29, 0.717) is 12.0 Å². The van der Waals surface area contributed by atoms with Crippen molar-refractivity contribution in [2.24, 2.45) is 0 Å². The lowest BCUT2D eigenvalue weighted by atomic mass is 9.89. The van der Waals surface area contributed by atoms with Crippen molar-refractivity contribution in [1.82, 2.24) is 0 Å². The van der Waals surface area contributed by atoms with Crippen molar-refractivity contribution in [3.63, 3.8) is 0 Å². The van der Waals surface area contributed by atoms with Crippen LogP contribution in [0.4, 0.5) is 0 Å². The molecule has 0 heterocycles. The van der Waals surface area contributed by atoms with Gasteiger partial charge in [-0.15, -0.1) is 0 Å². The number of fused-ring (bicyclic) bond motifs is 1. The molecule has 86 valence electrons. The van der Waals surface area contributed by atoms with E-state index in [4.69, 9.17) is 4.55 Å². The van der Waals surface area contributed by atoms with E-state index in [1.165, 1.54) is 0 Å². The highest BCUT2D eigenvalue weighted by Crippen LogP contribution is 2.33. The van der Waals surface area contributed by atoms with Gasteiger partial charge in [0.15, 0.2) is 11.0 Å². The number of carbonyl (C=O) groups is 1. The van der Waals surface area contributed by atoms with Crippen molar-refractivity contribution in [2.75, 3.05) is 0 Å². The first-order valence-corrected chi connectivity index (χ1v) is 6.48. The lowest BCUT2D eigenvalue weighted by molar-refractivity contribution is -0.119. The molecule has 1 aliphatic rings. The fourth-order valence-corrected chi connectivity index (χ4v) is 3.10.